The van der Waals surface area contributed by atoms with E-state index in [1.807, 2.05) is 0 Å². The van der Waals surface area contributed by atoms with Crippen LogP contribution < -0.4 is 5.32 Å². The first-order valence-electron chi connectivity index (χ1n) is 9.06. The summed E-state index contributed by atoms with van der Waals surface area (Å²) in [5.74, 6) is 0. The van der Waals surface area contributed by atoms with Gasteiger partial charge in [-0.2, -0.15) is 4.31 Å². The van der Waals surface area contributed by atoms with Crippen molar-refractivity contribution in [1.29, 1.82) is 0 Å². The first kappa shape index (κ1) is 23.2. The van der Waals surface area contributed by atoms with Crippen LogP contribution in [0.25, 0.3) is 0 Å². The standard InChI is InChI=1S/C18H22N4O7S/c1-3-20(4-2)30(28,29)15-9-10-16(17(11-15)22(26)27)19-12-18(23)13-5-7-14(8-6-13)21(24)25/h5-11,18-19,23H,3-4,12H2,1-2H3. The second-order valence-corrected chi connectivity index (χ2v) is 8.21. The summed E-state index contributed by atoms with van der Waals surface area (Å²) in [5, 5.41) is 35.1. The highest BCUT2D eigenvalue weighted by Gasteiger charge is 2.26. The van der Waals surface area contributed by atoms with E-state index in [1.54, 1.807) is 13.8 Å². The Morgan fingerprint density at radius 2 is 1.63 bits per heavy atom. The lowest BCUT2D eigenvalue weighted by molar-refractivity contribution is -0.384. The number of rotatable bonds is 10. The third-order valence-electron chi connectivity index (χ3n) is 4.48. The molecule has 1 unspecified atom stereocenters. The molecule has 0 aliphatic heterocycles. The number of nitro groups is 2. The van der Waals surface area contributed by atoms with E-state index in [9.17, 15) is 33.8 Å². The summed E-state index contributed by atoms with van der Waals surface area (Å²) < 4.78 is 26.4. The molecule has 0 heterocycles. The van der Waals surface area contributed by atoms with E-state index < -0.39 is 31.7 Å². The molecule has 0 aliphatic carbocycles. The fraction of sp³-hybridized carbons (Fsp3) is 0.333. The Morgan fingerprint density at radius 3 is 2.13 bits per heavy atom. The van der Waals surface area contributed by atoms with E-state index in [-0.39, 0.29) is 35.9 Å². The molecule has 1 atom stereocenters. The van der Waals surface area contributed by atoms with Gasteiger partial charge in [0.05, 0.1) is 20.8 Å². The fourth-order valence-electron chi connectivity index (χ4n) is 2.83. The molecule has 0 amide bonds. The molecule has 0 radical (unpaired) electrons. The summed E-state index contributed by atoms with van der Waals surface area (Å²) in [6.07, 6.45) is -1.09. The Balaban J connectivity index is 2.23. The molecular formula is C18H22N4O7S. The Labute approximate surface area is 173 Å². The number of hydrogen-bond acceptors (Lipinski definition) is 8. The van der Waals surface area contributed by atoms with Gasteiger partial charge >= 0.3 is 0 Å². The predicted molar refractivity (Wildman–Crippen MR) is 110 cm³/mol. The molecular weight excluding hydrogens is 416 g/mol. The lowest BCUT2D eigenvalue weighted by Crippen LogP contribution is -2.30. The zero-order chi connectivity index (χ0) is 22.5. The lowest BCUT2D eigenvalue weighted by Gasteiger charge is -2.19. The maximum Gasteiger partial charge on any atom is 0.293 e. The molecule has 2 aromatic carbocycles. The van der Waals surface area contributed by atoms with Crippen molar-refractivity contribution >= 4 is 27.1 Å². The Bertz CT molecular complexity index is 1020. The summed E-state index contributed by atoms with van der Waals surface area (Å²) in [7, 11) is -3.86. The number of nitro benzene ring substituents is 2. The number of benzene rings is 2. The normalized spacial score (nSPS) is 12.5. The number of nitrogens with zero attached hydrogens (tertiary/aromatic N) is 3. The number of sulfonamides is 1. The molecule has 2 N–H and O–H groups in total. The first-order chi connectivity index (χ1) is 14.1. The first-order valence-corrected chi connectivity index (χ1v) is 10.5. The molecule has 0 saturated heterocycles. The molecule has 0 spiro atoms. The second kappa shape index (κ2) is 9.61. The number of non-ortho nitro benzene ring substituents is 1. The second-order valence-electron chi connectivity index (χ2n) is 6.27. The zero-order valence-electron chi connectivity index (χ0n) is 16.4. The number of aliphatic hydroxyl groups excluding tert-OH is 1. The summed E-state index contributed by atoms with van der Waals surface area (Å²) in [5.41, 5.74) is -0.144. The van der Waals surface area contributed by atoms with Crippen LogP contribution in [0.5, 0.6) is 0 Å². The number of anilines is 1. The molecule has 0 fully saturated rings. The number of aliphatic hydroxyl groups is 1. The highest BCUT2D eigenvalue weighted by atomic mass is 32.2. The Morgan fingerprint density at radius 1 is 1.03 bits per heavy atom. The minimum absolute atomic E-state index is 0.0412. The molecule has 0 aliphatic rings. The molecule has 162 valence electrons. The minimum Gasteiger partial charge on any atom is -0.387 e. The van der Waals surface area contributed by atoms with Gasteiger partial charge in [-0.25, -0.2) is 8.42 Å². The Kier molecular flexibility index (Phi) is 7.43. The van der Waals surface area contributed by atoms with Crippen LogP contribution in [-0.2, 0) is 10.0 Å². The van der Waals surface area contributed by atoms with Crippen LogP contribution in [0, 0.1) is 20.2 Å². The van der Waals surface area contributed by atoms with Crippen LogP contribution in [0.4, 0.5) is 17.1 Å². The predicted octanol–water partition coefficient (Wildman–Crippen LogP) is 2.68. The van der Waals surface area contributed by atoms with Gasteiger partial charge in [0.15, 0.2) is 0 Å². The van der Waals surface area contributed by atoms with Crippen LogP contribution in [0.1, 0.15) is 25.5 Å². The molecule has 0 bridgehead atoms. The van der Waals surface area contributed by atoms with E-state index >= 15 is 0 Å². The monoisotopic (exact) mass is 438 g/mol. The van der Waals surface area contributed by atoms with E-state index in [0.717, 1.165) is 6.07 Å². The molecule has 11 nitrogen and oxygen atoms in total. The van der Waals surface area contributed by atoms with Crippen molar-refractivity contribution in [2.45, 2.75) is 24.8 Å². The average molecular weight is 438 g/mol. The zero-order valence-corrected chi connectivity index (χ0v) is 17.2. The molecule has 12 heteroatoms. The van der Waals surface area contributed by atoms with Crippen LogP contribution in [0.2, 0.25) is 0 Å². The molecule has 2 aromatic rings. The summed E-state index contributed by atoms with van der Waals surface area (Å²) in [6.45, 7) is 3.68. The van der Waals surface area contributed by atoms with Gasteiger partial charge in [0.25, 0.3) is 11.4 Å². The highest BCUT2D eigenvalue weighted by molar-refractivity contribution is 7.89. The van der Waals surface area contributed by atoms with Gasteiger partial charge in [-0.3, -0.25) is 20.2 Å². The highest BCUT2D eigenvalue weighted by Crippen LogP contribution is 2.29. The summed E-state index contributed by atoms with van der Waals surface area (Å²) in [6, 6.07) is 8.78. The molecule has 0 saturated carbocycles. The number of nitrogens with one attached hydrogen (secondary N) is 1. The van der Waals surface area contributed by atoms with Crippen LogP contribution >= 0.6 is 0 Å². The van der Waals surface area contributed by atoms with E-state index in [0.29, 0.717) is 5.56 Å². The van der Waals surface area contributed by atoms with Gasteiger partial charge in [0, 0.05) is 37.8 Å². The quantitative estimate of drug-likeness (QED) is 0.423. The van der Waals surface area contributed by atoms with Crippen molar-refractivity contribution < 1.29 is 23.4 Å². The van der Waals surface area contributed by atoms with Gasteiger partial charge in [-0.1, -0.05) is 13.8 Å². The topological polar surface area (TPSA) is 156 Å². The smallest absolute Gasteiger partial charge is 0.293 e. The Hall–Kier alpha value is -3.09. The molecule has 30 heavy (non-hydrogen) atoms. The van der Waals surface area contributed by atoms with Gasteiger partial charge in [0.1, 0.15) is 5.69 Å². The van der Waals surface area contributed by atoms with E-state index in [1.165, 1.54) is 40.7 Å². The van der Waals surface area contributed by atoms with Crippen molar-refractivity contribution in [2.24, 2.45) is 0 Å². The van der Waals surface area contributed by atoms with Gasteiger partial charge in [-0.15, -0.1) is 0 Å². The van der Waals surface area contributed by atoms with E-state index in [4.69, 9.17) is 0 Å². The minimum atomic E-state index is -3.86. The lowest BCUT2D eigenvalue weighted by atomic mass is 10.1. The van der Waals surface area contributed by atoms with Gasteiger partial charge in [0.2, 0.25) is 10.0 Å². The molecule has 0 aromatic heterocycles. The van der Waals surface area contributed by atoms with Crippen LogP contribution in [0.15, 0.2) is 47.4 Å². The van der Waals surface area contributed by atoms with Crippen LogP contribution in [-0.4, -0.2) is 47.3 Å². The summed E-state index contributed by atoms with van der Waals surface area (Å²) >= 11 is 0. The largest absolute Gasteiger partial charge is 0.387 e. The van der Waals surface area contributed by atoms with Crippen molar-refractivity contribution in [3.8, 4) is 0 Å². The average Bonchev–Trinajstić information content (AvgIpc) is 2.72. The van der Waals surface area contributed by atoms with Gasteiger partial charge < -0.3 is 10.4 Å². The van der Waals surface area contributed by atoms with Crippen molar-refractivity contribution in [3.05, 3.63) is 68.3 Å². The third kappa shape index (κ3) is 5.09. The molecule has 2 rings (SSSR count). The van der Waals surface area contributed by atoms with Crippen LogP contribution in [0.3, 0.4) is 0 Å². The van der Waals surface area contributed by atoms with Crippen molar-refractivity contribution in [3.63, 3.8) is 0 Å². The van der Waals surface area contributed by atoms with E-state index in [2.05, 4.69) is 5.32 Å². The van der Waals surface area contributed by atoms with Crippen molar-refractivity contribution in [1.82, 2.24) is 4.31 Å². The van der Waals surface area contributed by atoms with Crippen molar-refractivity contribution in [2.75, 3.05) is 25.0 Å². The van der Waals surface area contributed by atoms with Gasteiger partial charge in [-0.05, 0) is 29.8 Å². The summed E-state index contributed by atoms with van der Waals surface area (Å²) in [4.78, 5) is 20.7. The third-order valence-corrected chi connectivity index (χ3v) is 6.53. The number of hydrogen-bond donors (Lipinski definition) is 2. The fourth-order valence-corrected chi connectivity index (χ4v) is 4.31. The SMILES string of the molecule is CCN(CC)S(=O)(=O)c1ccc(NCC(O)c2ccc([N+](=O)[O-])cc2)c([N+](=O)[O-])c1. The maximum absolute atomic E-state index is 12.6. The maximum atomic E-state index is 12.6.